The Morgan fingerprint density at radius 2 is 2.21 bits per heavy atom. The van der Waals surface area contributed by atoms with Gasteiger partial charge < -0.3 is 0 Å². The molecule has 0 unspecified atom stereocenters. The van der Waals surface area contributed by atoms with Crippen LogP contribution >= 0.6 is 0 Å². The first kappa shape index (κ1) is 13.8. The van der Waals surface area contributed by atoms with Crippen LogP contribution in [0.15, 0.2) is 17.3 Å². The summed E-state index contributed by atoms with van der Waals surface area (Å²) in [5, 5.41) is 10.6. The fourth-order valence-corrected chi connectivity index (χ4v) is 3.03. The minimum Gasteiger partial charge on any atom is -0.281 e. The number of nitrogens with zero attached hydrogens (tertiary/aromatic N) is 3. The number of rotatable bonds is 5. The topological polar surface area (TPSA) is 92.7 Å². The van der Waals surface area contributed by atoms with Crippen LogP contribution in [0.1, 0.15) is 23.9 Å². The van der Waals surface area contributed by atoms with E-state index in [1.165, 1.54) is 6.20 Å². The van der Waals surface area contributed by atoms with Gasteiger partial charge in [0.1, 0.15) is 4.90 Å². The number of H-pyrrole nitrogens is 1. The second-order valence-electron chi connectivity index (χ2n) is 4.31. The van der Waals surface area contributed by atoms with Crippen molar-refractivity contribution < 1.29 is 8.42 Å². The molecule has 0 saturated heterocycles. The molecular weight excluding hydrogens is 266 g/mol. The average molecular weight is 283 g/mol. The number of aromatic amines is 1. The molecule has 8 heteroatoms. The third kappa shape index (κ3) is 2.85. The van der Waals surface area contributed by atoms with E-state index in [1.807, 2.05) is 20.2 Å². The molecule has 0 fully saturated rings. The molecule has 0 amide bonds. The van der Waals surface area contributed by atoms with Crippen molar-refractivity contribution in [3.8, 4) is 0 Å². The van der Waals surface area contributed by atoms with Gasteiger partial charge in [0.25, 0.3) is 0 Å². The van der Waals surface area contributed by atoms with Gasteiger partial charge in [-0.1, -0.05) is 6.92 Å². The molecule has 104 valence electrons. The quantitative estimate of drug-likeness (QED) is 0.835. The molecule has 0 bridgehead atoms. The molecule has 0 radical (unpaired) electrons. The number of hydrogen-bond acceptors (Lipinski definition) is 4. The van der Waals surface area contributed by atoms with E-state index in [0.29, 0.717) is 5.69 Å². The molecule has 0 atom stereocenters. The van der Waals surface area contributed by atoms with Crippen molar-refractivity contribution in [3.63, 3.8) is 0 Å². The molecular formula is C11H17N5O2S. The first-order chi connectivity index (χ1) is 8.94. The maximum atomic E-state index is 12.1. The number of aromatic nitrogens is 4. The fourth-order valence-electron chi connectivity index (χ4n) is 1.89. The van der Waals surface area contributed by atoms with Crippen LogP contribution in [-0.4, -0.2) is 28.4 Å². The van der Waals surface area contributed by atoms with Crippen LogP contribution in [0.2, 0.25) is 0 Å². The van der Waals surface area contributed by atoms with Crippen LogP contribution < -0.4 is 4.72 Å². The van der Waals surface area contributed by atoms with Crippen molar-refractivity contribution in [2.75, 3.05) is 0 Å². The van der Waals surface area contributed by atoms with E-state index in [9.17, 15) is 8.42 Å². The zero-order valence-corrected chi connectivity index (χ0v) is 12.0. The molecule has 19 heavy (non-hydrogen) atoms. The molecule has 0 saturated carbocycles. The minimum absolute atomic E-state index is 0.175. The maximum absolute atomic E-state index is 12.1. The lowest BCUT2D eigenvalue weighted by molar-refractivity contribution is 0.580. The minimum atomic E-state index is -3.54. The standard InChI is InChI=1S/C11H17N5O2S/c1-4-10-9(7-16(3)15-10)5-13-19(17,18)11-6-12-14-8(11)2/h6-7,13H,4-5H2,1-3H3,(H,12,14). The Labute approximate surface area is 112 Å². The molecule has 2 N–H and O–H groups in total. The first-order valence-corrected chi connectivity index (χ1v) is 7.43. The number of aryl methyl sites for hydroxylation is 3. The molecule has 2 aromatic heterocycles. The molecule has 0 aliphatic carbocycles. The molecule has 2 heterocycles. The van der Waals surface area contributed by atoms with Gasteiger partial charge in [-0.15, -0.1) is 0 Å². The molecule has 7 nitrogen and oxygen atoms in total. The Kier molecular flexibility index (Phi) is 3.72. The third-order valence-corrected chi connectivity index (χ3v) is 4.37. The molecule has 0 aliphatic rings. The van der Waals surface area contributed by atoms with E-state index in [4.69, 9.17) is 0 Å². The highest BCUT2D eigenvalue weighted by Gasteiger charge is 2.19. The highest BCUT2D eigenvalue weighted by molar-refractivity contribution is 7.89. The Hall–Kier alpha value is -1.67. The lowest BCUT2D eigenvalue weighted by atomic mass is 10.2. The lowest BCUT2D eigenvalue weighted by Gasteiger charge is -2.05. The number of hydrogen-bond donors (Lipinski definition) is 2. The number of sulfonamides is 1. The van der Waals surface area contributed by atoms with E-state index in [2.05, 4.69) is 20.0 Å². The van der Waals surface area contributed by atoms with Crippen LogP contribution in [0.25, 0.3) is 0 Å². The van der Waals surface area contributed by atoms with Crippen LogP contribution in [0, 0.1) is 6.92 Å². The smallest absolute Gasteiger partial charge is 0.244 e. The van der Waals surface area contributed by atoms with Gasteiger partial charge in [-0.3, -0.25) is 9.78 Å². The average Bonchev–Trinajstić information content (AvgIpc) is 2.93. The van der Waals surface area contributed by atoms with Crippen LogP contribution in [-0.2, 0) is 30.0 Å². The monoisotopic (exact) mass is 283 g/mol. The van der Waals surface area contributed by atoms with E-state index >= 15 is 0 Å². The predicted molar refractivity (Wildman–Crippen MR) is 69.9 cm³/mol. The second kappa shape index (κ2) is 5.14. The van der Waals surface area contributed by atoms with E-state index in [0.717, 1.165) is 17.7 Å². The summed E-state index contributed by atoms with van der Waals surface area (Å²) in [4.78, 5) is 0.175. The summed E-state index contributed by atoms with van der Waals surface area (Å²) in [5.74, 6) is 0. The van der Waals surface area contributed by atoms with Crippen LogP contribution in [0.4, 0.5) is 0 Å². The van der Waals surface area contributed by atoms with E-state index < -0.39 is 10.0 Å². The summed E-state index contributed by atoms with van der Waals surface area (Å²) in [6, 6.07) is 0. The summed E-state index contributed by atoms with van der Waals surface area (Å²) >= 11 is 0. The zero-order chi connectivity index (χ0) is 14.0. The van der Waals surface area contributed by atoms with Gasteiger partial charge in [0, 0.05) is 25.4 Å². The van der Waals surface area contributed by atoms with Crippen LogP contribution in [0.5, 0.6) is 0 Å². The van der Waals surface area contributed by atoms with Crippen molar-refractivity contribution >= 4 is 10.0 Å². The third-order valence-electron chi connectivity index (χ3n) is 2.85. The lowest BCUT2D eigenvalue weighted by Crippen LogP contribution is -2.23. The molecule has 0 spiro atoms. The Balaban J connectivity index is 2.16. The molecule has 0 aliphatic heterocycles. The van der Waals surface area contributed by atoms with Gasteiger partial charge >= 0.3 is 0 Å². The Bertz CT molecular complexity index is 671. The van der Waals surface area contributed by atoms with E-state index in [-0.39, 0.29) is 11.4 Å². The van der Waals surface area contributed by atoms with Crippen molar-refractivity contribution in [1.82, 2.24) is 24.7 Å². The largest absolute Gasteiger partial charge is 0.281 e. The molecule has 0 aromatic carbocycles. The maximum Gasteiger partial charge on any atom is 0.244 e. The summed E-state index contributed by atoms with van der Waals surface area (Å²) in [6.45, 7) is 3.88. The van der Waals surface area contributed by atoms with Gasteiger partial charge in [0.15, 0.2) is 0 Å². The van der Waals surface area contributed by atoms with Gasteiger partial charge in [-0.2, -0.15) is 10.2 Å². The molecule has 2 rings (SSSR count). The number of nitrogens with one attached hydrogen (secondary N) is 2. The van der Waals surface area contributed by atoms with Crippen molar-refractivity contribution in [2.45, 2.75) is 31.7 Å². The van der Waals surface area contributed by atoms with E-state index in [1.54, 1.807) is 11.6 Å². The SMILES string of the molecule is CCc1nn(C)cc1CNS(=O)(=O)c1cn[nH]c1C. The highest BCUT2D eigenvalue weighted by atomic mass is 32.2. The van der Waals surface area contributed by atoms with Gasteiger partial charge in [-0.25, -0.2) is 13.1 Å². The summed E-state index contributed by atoms with van der Waals surface area (Å²) in [6.07, 6.45) is 3.90. The van der Waals surface area contributed by atoms with Crippen molar-refractivity contribution in [1.29, 1.82) is 0 Å². The van der Waals surface area contributed by atoms with Gasteiger partial charge in [-0.05, 0) is 13.3 Å². The van der Waals surface area contributed by atoms with Gasteiger partial charge in [0.2, 0.25) is 10.0 Å². The second-order valence-corrected chi connectivity index (χ2v) is 6.05. The first-order valence-electron chi connectivity index (χ1n) is 5.95. The zero-order valence-electron chi connectivity index (χ0n) is 11.1. The predicted octanol–water partition coefficient (Wildman–Crippen LogP) is 0.493. The molecule has 2 aromatic rings. The Morgan fingerprint density at radius 1 is 1.47 bits per heavy atom. The van der Waals surface area contributed by atoms with Crippen molar-refractivity contribution in [2.24, 2.45) is 7.05 Å². The summed E-state index contributed by atoms with van der Waals surface area (Å²) in [5.41, 5.74) is 2.30. The Morgan fingerprint density at radius 3 is 2.79 bits per heavy atom. The fraction of sp³-hybridized carbons (Fsp3) is 0.455. The normalized spacial score (nSPS) is 11.9. The highest BCUT2D eigenvalue weighted by Crippen LogP contribution is 2.13. The summed E-state index contributed by atoms with van der Waals surface area (Å²) in [7, 11) is -1.73. The van der Waals surface area contributed by atoms with Gasteiger partial charge in [0.05, 0.1) is 17.6 Å². The van der Waals surface area contributed by atoms with Crippen molar-refractivity contribution in [3.05, 3.63) is 29.3 Å². The van der Waals surface area contributed by atoms with Crippen LogP contribution in [0.3, 0.4) is 0 Å². The summed E-state index contributed by atoms with van der Waals surface area (Å²) < 4.78 is 28.4.